The van der Waals surface area contributed by atoms with E-state index < -0.39 is 0 Å². The van der Waals surface area contributed by atoms with Gasteiger partial charge in [0.2, 0.25) is 0 Å². The monoisotopic (exact) mass is 756 g/mol. The fourth-order valence-electron chi connectivity index (χ4n) is 8.72. The van der Waals surface area contributed by atoms with Crippen LogP contribution in [0.4, 0.5) is 0 Å². The highest BCUT2D eigenvalue weighted by Gasteiger charge is 2.22. The third-order valence-corrected chi connectivity index (χ3v) is 12.6. The van der Waals surface area contributed by atoms with Crippen LogP contribution in [0.25, 0.3) is 115 Å². The van der Waals surface area contributed by atoms with Crippen LogP contribution in [-0.4, -0.2) is 19.5 Å². The molecular formula is C53H32N4S. The van der Waals surface area contributed by atoms with Crippen molar-refractivity contribution in [2.75, 3.05) is 0 Å². The van der Waals surface area contributed by atoms with E-state index in [1.165, 1.54) is 48.1 Å². The van der Waals surface area contributed by atoms with Gasteiger partial charge in [-0.2, -0.15) is 0 Å². The van der Waals surface area contributed by atoms with Crippen LogP contribution in [-0.2, 0) is 0 Å². The van der Waals surface area contributed by atoms with E-state index in [9.17, 15) is 0 Å². The molecule has 0 saturated carbocycles. The molecule has 270 valence electrons. The molecule has 4 nitrogen and oxygen atoms in total. The van der Waals surface area contributed by atoms with Crippen molar-refractivity contribution in [1.29, 1.82) is 0 Å². The van der Waals surface area contributed by atoms with Gasteiger partial charge in [0.1, 0.15) is 0 Å². The summed E-state index contributed by atoms with van der Waals surface area (Å²) < 4.78 is 4.82. The van der Waals surface area contributed by atoms with Gasteiger partial charge in [-0.05, 0) is 75.1 Å². The number of benzene rings is 9. The van der Waals surface area contributed by atoms with Gasteiger partial charge < -0.3 is 4.57 Å². The van der Waals surface area contributed by atoms with Gasteiger partial charge in [-0.1, -0.05) is 152 Å². The van der Waals surface area contributed by atoms with Crippen LogP contribution in [0.15, 0.2) is 194 Å². The van der Waals surface area contributed by atoms with E-state index in [2.05, 4.69) is 193 Å². The van der Waals surface area contributed by atoms with E-state index in [0.29, 0.717) is 17.5 Å². The first-order valence-corrected chi connectivity index (χ1v) is 20.3. The van der Waals surface area contributed by atoms with E-state index in [1.54, 1.807) is 11.3 Å². The topological polar surface area (TPSA) is 43.6 Å². The lowest BCUT2D eigenvalue weighted by Crippen LogP contribution is -2.01. The molecule has 58 heavy (non-hydrogen) atoms. The highest BCUT2D eigenvalue weighted by molar-refractivity contribution is 7.26. The minimum absolute atomic E-state index is 0.637. The molecule has 0 aliphatic carbocycles. The summed E-state index contributed by atoms with van der Waals surface area (Å²) in [5.74, 6) is 1.93. The second kappa shape index (κ2) is 13.1. The van der Waals surface area contributed by atoms with Crippen molar-refractivity contribution in [3.8, 4) is 51.0 Å². The molecule has 12 rings (SSSR count). The molecule has 9 aromatic carbocycles. The fraction of sp³-hybridized carbons (Fsp3) is 0. The van der Waals surface area contributed by atoms with Crippen LogP contribution in [0.1, 0.15) is 0 Å². The Hall–Kier alpha value is -7.47. The second-order valence-corrected chi connectivity index (χ2v) is 15.8. The van der Waals surface area contributed by atoms with Gasteiger partial charge in [0.25, 0.3) is 0 Å². The van der Waals surface area contributed by atoms with Gasteiger partial charge in [0.15, 0.2) is 17.5 Å². The first kappa shape index (κ1) is 32.7. The fourth-order valence-corrected chi connectivity index (χ4v) is 9.96. The van der Waals surface area contributed by atoms with Crippen molar-refractivity contribution in [1.82, 2.24) is 19.5 Å². The molecule has 0 aliphatic rings. The molecule has 0 atom stereocenters. The van der Waals surface area contributed by atoms with Crippen molar-refractivity contribution in [3.63, 3.8) is 0 Å². The predicted octanol–water partition coefficient (Wildman–Crippen LogP) is 14.3. The smallest absolute Gasteiger partial charge is 0.165 e. The van der Waals surface area contributed by atoms with E-state index >= 15 is 0 Å². The van der Waals surface area contributed by atoms with Crippen molar-refractivity contribution in [3.05, 3.63) is 194 Å². The standard InChI is InChI=1S/C53H32N4S/c1-2-14-33(15-3-1)35-20-12-21-38(30-35)51-54-52(41-25-13-19-34-16-6-7-22-39(34)41)56-53(55-51)43-28-29-46(49-42-24-9-11-27-48(42)58-50(43)49)57-45-26-10-8-23-40(45)44-31-36-17-4-5-18-37(36)32-47(44)57/h1-32H. The SMILES string of the molecule is c1ccc(-c2cccc(-c3nc(-c4cccc5ccccc45)nc(-c4ccc(-n5c6ccccc6c6cc7ccccc7cc65)c5c4sc4ccccc45)n3)c2)cc1. The maximum absolute atomic E-state index is 5.35. The largest absolute Gasteiger partial charge is 0.309 e. The van der Waals surface area contributed by atoms with Gasteiger partial charge in [-0.25, -0.2) is 15.0 Å². The third kappa shape index (κ3) is 5.18. The lowest BCUT2D eigenvalue weighted by Gasteiger charge is -2.14. The molecule has 0 aliphatic heterocycles. The van der Waals surface area contributed by atoms with Crippen molar-refractivity contribution < 1.29 is 0 Å². The molecule has 0 saturated heterocycles. The van der Waals surface area contributed by atoms with Crippen LogP contribution >= 0.6 is 11.3 Å². The number of aromatic nitrogens is 4. The summed E-state index contributed by atoms with van der Waals surface area (Å²) in [6.07, 6.45) is 0. The Labute approximate surface area is 338 Å². The Morgan fingerprint density at radius 3 is 1.84 bits per heavy atom. The zero-order valence-electron chi connectivity index (χ0n) is 31.2. The van der Waals surface area contributed by atoms with Gasteiger partial charge in [0, 0.05) is 47.6 Å². The van der Waals surface area contributed by atoms with E-state index in [-0.39, 0.29) is 0 Å². The van der Waals surface area contributed by atoms with E-state index in [0.717, 1.165) is 49.0 Å². The number of hydrogen-bond donors (Lipinski definition) is 0. The first-order chi connectivity index (χ1) is 28.7. The Balaban J connectivity index is 1.14. The van der Waals surface area contributed by atoms with Gasteiger partial charge >= 0.3 is 0 Å². The first-order valence-electron chi connectivity index (χ1n) is 19.5. The molecule has 0 radical (unpaired) electrons. The molecule has 0 amide bonds. The Kier molecular flexibility index (Phi) is 7.37. The molecule has 0 fully saturated rings. The minimum atomic E-state index is 0.637. The molecule has 0 spiro atoms. The average Bonchev–Trinajstić information content (AvgIpc) is 3.84. The molecule has 3 heterocycles. The maximum Gasteiger partial charge on any atom is 0.165 e. The molecule has 3 aromatic heterocycles. The number of nitrogens with zero attached hydrogens (tertiary/aromatic N) is 4. The highest BCUT2D eigenvalue weighted by atomic mass is 32.1. The molecule has 0 N–H and O–H groups in total. The number of fused-ring (bicyclic) bond motifs is 8. The van der Waals surface area contributed by atoms with Gasteiger partial charge in [0.05, 0.1) is 16.7 Å². The van der Waals surface area contributed by atoms with Crippen LogP contribution in [0.2, 0.25) is 0 Å². The number of para-hydroxylation sites is 1. The summed E-state index contributed by atoms with van der Waals surface area (Å²) in [6, 6.07) is 69.1. The second-order valence-electron chi connectivity index (χ2n) is 14.8. The molecule has 0 bridgehead atoms. The molecular weight excluding hydrogens is 725 g/mol. The van der Waals surface area contributed by atoms with Gasteiger partial charge in [-0.3, -0.25) is 0 Å². The number of rotatable bonds is 5. The summed E-state index contributed by atoms with van der Waals surface area (Å²) in [6.45, 7) is 0. The lowest BCUT2D eigenvalue weighted by atomic mass is 10.0. The van der Waals surface area contributed by atoms with Crippen LogP contribution in [0.5, 0.6) is 0 Å². The quantitative estimate of drug-likeness (QED) is 0.176. The summed E-state index contributed by atoms with van der Waals surface area (Å²) in [4.78, 5) is 15.9. The summed E-state index contributed by atoms with van der Waals surface area (Å²) >= 11 is 1.80. The van der Waals surface area contributed by atoms with E-state index in [4.69, 9.17) is 15.0 Å². The molecule has 0 unspecified atom stereocenters. The lowest BCUT2D eigenvalue weighted by molar-refractivity contribution is 1.08. The normalized spacial score (nSPS) is 11.8. The molecule has 5 heteroatoms. The zero-order chi connectivity index (χ0) is 38.2. The third-order valence-electron chi connectivity index (χ3n) is 11.4. The Morgan fingerprint density at radius 1 is 0.362 bits per heavy atom. The predicted molar refractivity (Wildman–Crippen MR) is 244 cm³/mol. The van der Waals surface area contributed by atoms with Crippen LogP contribution < -0.4 is 0 Å². The zero-order valence-corrected chi connectivity index (χ0v) is 32.0. The summed E-state index contributed by atoms with van der Waals surface area (Å²) in [7, 11) is 0. The summed E-state index contributed by atoms with van der Waals surface area (Å²) in [5.41, 5.74) is 8.65. The summed E-state index contributed by atoms with van der Waals surface area (Å²) in [5, 5.41) is 9.58. The Bertz CT molecular complexity index is 3580. The minimum Gasteiger partial charge on any atom is -0.309 e. The van der Waals surface area contributed by atoms with Crippen LogP contribution in [0, 0.1) is 0 Å². The average molecular weight is 757 g/mol. The van der Waals surface area contributed by atoms with Gasteiger partial charge in [-0.15, -0.1) is 11.3 Å². The Morgan fingerprint density at radius 2 is 0.983 bits per heavy atom. The maximum atomic E-state index is 5.35. The van der Waals surface area contributed by atoms with Crippen LogP contribution in [0.3, 0.4) is 0 Å². The number of thiophene rings is 1. The van der Waals surface area contributed by atoms with Crippen molar-refractivity contribution in [2.24, 2.45) is 0 Å². The number of hydrogen-bond acceptors (Lipinski definition) is 4. The van der Waals surface area contributed by atoms with Crippen molar-refractivity contribution >= 4 is 74.9 Å². The van der Waals surface area contributed by atoms with Crippen molar-refractivity contribution in [2.45, 2.75) is 0 Å². The highest BCUT2D eigenvalue weighted by Crippen LogP contribution is 2.45. The van der Waals surface area contributed by atoms with E-state index in [1.807, 2.05) is 6.07 Å². The molecule has 12 aromatic rings.